The largest absolute Gasteiger partial charge is 0.477 e. The Kier molecular flexibility index (Phi) is 17.6. The number of hydrogen-bond acceptors (Lipinski definition) is 9. The highest BCUT2D eigenvalue weighted by molar-refractivity contribution is 5.95. The Morgan fingerprint density at radius 1 is 0.786 bits per heavy atom. The molecule has 0 radical (unpaired) electrons. The van der Waals surface area contributed by atoms with Crippen LogP contribution in [0.1, 0.15) is 85.2 Å². The molecule has 4 N–H and O–H groups in total. The smallest absolute Gasteiger partial charge is 0.354 e. The molecular formula is C30H43ClN4O7. The van der Waals surface area contributed by atoms with Gasteiger partial charge in [0.25, 0.3) is 5.91 Å². The van der Waals surface area contributed by atoms with Crippen molar-refractivity contribution < 1.29 is 33.8 Å². The van der Waals surface area contributed by atoms with Crippen LogP contribution in [0.2, 0.25) is 0 Å². The number of halogens is 1. The van der Waals surface area contributed by atoms with E-state index < -0.39 is 18.1 Å². The van der Waals surface area contributed by atoms with Gasteiger partial charge in [-0.3, -0.25) is 14.6 Å². The Morgan fingerprint density at radius 3 is 1.67 bits per heavy atom. The SMILES string of the molecule is COC(=O)[C@@H](N)C1CCCCC1.COC(=O)[C@@H](NC(=O)c1ccccn1)C1CCCCC1.Cl.O=C(O)c1ccccn1. The van der Waals surface area contributed by atoms with Gasteiger partial charge in [-0.1, -0.05) is 50.7 Å². The zero-order valence-corrected chi connectivity index (χ0v) is 25.1. The quantitative estimate of drug-likeness (QED) is 0.388. The third-order valence-corrected chi connectivity index (χ3v) is 7.28. The van der Waals surface area contributed by atoms with Crippen molar-refractivity contribution in [2.45, 2.75) is 76.3 Å². The standard InChI is InChI=1S/C15H20N2O3.C9H17NO2.C6H5NO2.ClH/c1-20-15(19)13(11-7-3-2-4-8-11)17-14(18)12-9-5-6-10-16-12;1-12-9(11)8(10)7-5-3-2-4-6-7;8-6(9)5-3-1-2-4-7-5;/h5-6,9-11,13H,2-4,7-8H2,1H3,(H,17,18);7-8H,2-6,10H2,1H3;1-4H,(H,8,9);1H/t13-;8-;;/m00../s1. The first-order valence-corrected chi connectivity index (χ1v) is 14.1. The number of carboxylic acid groups (broad SMARTS) is 1. The number of methoxy groups -OCH3 is 2. The highest BCUT2D eigenvalue weighted by Gasteiger charge is 2.32. The van der Waals surface area contributed by atoms with Crippen molar-refractivity contribution in [2.75, 3.05) is 14.2 Å². The lowest BCUT2D eigenvalue weighted by molar-refractivity contribution is -0.145. The molecule has 2 aliphatic carbocycles. The molecule has 1 amide bonds. The van der Waals surface area contributed by atoms with Gasteiger partial charge in [-0.05, 0) is 61.8 Å². The van der Waals surface area contributed by atoms with Gasteiger partial charge in [0.1, 0.15) is 23.5 Å². The summed E-state index contributed by atoms with van der Waals surface area (Å²) in [5.74, 6) is -1.44. The van der Waals surface area contributed by atoms with Crippen molar-refractivity contribution in [3.63, 3.8) is 0 Å². The van der Waals surface area contributed by atoms with Crippen LogP contribution in [0.3, 0.4) is 0 Å². The molecule has 0 spiro atoms. The lowest BCUT2D eigenvalue weighted by atomic mass is 9.84. The Balaban J connectivity index is 0.000000342. The number of carboxylic acids is 1. The molecule has 2 saturated carbocycles. The molecule has 232 valence electrons. The molecule has 42 heavy (non-hydrogen) atoms. The van der Waals surface area contributed by atoms with Crippen LogP contribution < -0.4 is 11.1 Å². The number of carbonyl (C=O) groups excluding carboxylic acids is 3. The molecule has 4 rings (SSSR count). The predicted octanol–water partition coefficient (Wildman–Crippen LogP) is 4.20. The van der Waals surface area contributed by atoms with Crippen molar-refractivity contribution in [1.29, 1.82) is 0 Å². The summed E-state index contributed by atoms with van der Waals surface area (Å²) in [6.07, 6.45) is 14.1. The Labute approximate surface area is 253 Å². The van der Waals surface area contributed by atoms with E-state index in [9.17, 15) is 19.2 Å². The molecule has 0 aliphatic heterocycles. The van der Waals surface area contributed by atoms with Gasteiger partial charge >= 0.3 is 17.9 Å². The predicted molar refractivity (Wildman–Crippen MR) is 159 cm³/mol. The summed E-state index contributed by atoms with van der Waals surface area (Å²) >= 11 is 0. The second kappa shape index (κ2) is 20.3. The summed E-state index contributed by atoms with van der Waals surface area (Å²) in [5, 5.41) is 11.1. The summed E-state index contributed by atoms with van der Waals surface area (Å²) in [7, 11) is 2.75. The zero-order chi connectivity index (χ0) is 30.0. The Hall–Kier alpha value is -3.57. The minimum Gasteiger partial charge on any atom is -0.477 e. The minimum atomic E-state index is -0.990. The number of pyridine rings is 2. The van der Waals surface area contributed by atoms with Crippen LogP contribution in [-0.4, -0.2) is 65.2 Å². The maximum atomic E-state index is 12.1. The molecule has 2 aromatic heterocycles. The second-order valence-corrected chi connectivity index (χ2v) is 10.1. The van der Waals surface area contributed by atoms with E-state index in [4.69, 9.17) is 15.6 Å². The molecule has 0 unspecified atom stereocenters. The number of nitrogens with two attached hydrogens (primary N) is 1. The number of hydrogen-bond donors (Lipinski definition) is 3. The maximum Gasteiger partial charge on any atom is 0.354 e. The highest BCUT2D eigenvalue weighted by atomic mass is 35.5. The highest BCUT2D eigenvalue weighted by Crippen LogP contribution is 2.27. The molecule has 2 aromatic rings. The fourth-order valence-electron chi connectivity index (χ4n) is 4.99. The van der Waals surface area contributed by atoms with Crippen LogP contribution in [0.5, 0.6) is 0 Å². The third-order valence-electron chi connectivity index (χ3n) is 7.28. The molecule has 0 bridgehead atoms. The number of aromatic nitrogens is 2. The van der Waals surface area contributed by atoms with Crippen LogP contribution in [0.15, 0.2) is 48.8 Å². The van der Waals surface area contributed by atoms with E-state index in [0.29, 0.717) is 11.6 Å². The second-order valence-electron chi connectivity index (χ2n) is 10.1. The number of ether oxygens (including phenoxy) is 2. The van der Waals surface area contributed by atoms with Crippen LogP contribution in [0.25, 0.3) is 0 Å². The number of carbonyl (C=O) groups is 4. The van der Waals surface area contributed by atoms with Crippen LogP contribution in [-0.2, 0) is 19.1 Å². The normalized spacial score (nSPS) is 16.4. The maximum absolute atomic E-state index is 12.1. The van der Waals surface area contributed by atoms with Gasteiger partial charge in [-0.15, -0.1) is 12.4 Å². The first-order valence-electron chi connectivity index (χ1n) is 14.1. The van der Waals surface area contributed by atoms with Gasteiger partial charge in [0.15, 0.2) is 0 Å². The lowest BCUT2D eigenvalue weighted by Crippen LogP contribution is -2.47. The molecule has 0 saturated heterocycles. The van der Waals surface area contributed by atoms with Gasteiger partial charge in [-0.2, -0.15) is 0 Å². The van der Waals surface area contributed by atoms with Gasteiger partial charge < -0.3 is 25.6 Å². The summed E-state index contributed by atoms with van der Waals surface area (Å²) in [5.41, 5.74) is 6.13. The topological polar surface area (TPSA) is 171 Å². The molecular weight excluding hydrogens is 564 g/mol. The van der Waals surface area contributed by atoms with Gasteiger partial charge in [-0.25, -0.2) is 14.6 Å². The summed E-state index contributed by atoms with van der Waals surface area (Å²) in [6, 6.07) is 8.91. The van der Waals surface area contributed by atoms with Crippen LogP contribution in [0, 0.1) is 11.8 Å². The number of nitrogens with zero attached hydrogens (tertiary/aromatic N) is 2. The van der Waals surface area contributed by atoms with E-state index >= 15 is 0 Å². The van der Waals surface area contributed by atoms with Crippen molar-refractivity contribution >= 4 is 36.2 Å². The zero-order valence-electron chi connectivity index (χ0n) is 24.3. The molecule has 2 heterocycles. The van der Waals surface area contributed by atoms with E-state index in [-0.39, 0.29) is 41.9 Å². The molecule has 12 heteroatoms. The van der Waals surface area contributed by atoms with Crippen molar-refractivity contribution in [3.05, 3.63) is 60.2 Å². The molecule has 2 aliphatic rings. The van der Waals surface area contributed by atoms with Gasteiger partial charge in [0.05, 0.1) is 14.2 Å². The first-order chi connectivity index (χ1) is 19.8. The number of rotatable bonds is 7. The van der Waals surface area contributed by atoms with Crippen molar-refractivity contribution in [3.8, 4) is 0 Å². The number of esters is 2. The summed E-state index contributed by atoms with van der Waals surface area (Å²) in [6.45, 7) is 0. The summed E-state index contributed by atoms with van der Waals surface area (Å²) < 4.78 is 9.43. The molecule has 0 aromatic carbocycles. The first kappa shape index (κ1) is 36.5. The third kappa shape index (κ3) is 12.5. The monoisotopic (exact) mass is 606 g/mol. The van der Waals surface area contributed by atoms with Crippen LogP contribution in [0.4, 0.5) is 0 Å². The Bertz CT molecular complexity index is 1080. The number of nitrogens with one attached hydrogen (secondary N) is 1. The van der Waals surface area contributed by atoms with E-state index in [1.807, 2.05) is 0 Å². The summed E-state index contributed by atoms with van der Waals surface area (Å²) in [4.78, 5) is 52.8. The van der Waals surface area contributed by atoms with Gasteiger partial charge in [0.2, 0.25) is 0 Å². The van der Waals surface area contributed by atoms with Crippen molar-refractivity contribution in [1.82, 2.24) is 15.3 Å². The lowest BCUT2D eigenvalue weighted by Gasteiger charge is -2.28. The Morgan fingerprint density at radius 2 is 1.26 bits per heavy atom. The average Bonchev–Trinajstić information content (AvgIpc) is 3.04. The van der Waals surface area contributed by atoms with E-state index in [1.54, 1.807) is 36.5 Å². The fourth-order valence-corrected chi connectivity index (χ4v) is 4.99. The van der Waals surface area contributed by atoms with Crippen molar-refractivity contribution in [2.24, 2.45) is 17.6 Å². The average molecular weight is 607 g/mol. The molecule has 2 atom stereocenters. The van der Waals surface area contributed by atoms with E-state index in [2.05, 4.69) is 20.0 Å². The fraction of sp³-hybridized carbons (Fsp3) is 0.533. The number of amides is 1. The number of aromatic carboxylic acids is 1. The van der Waals surface area contributed by atoms with E-state index in [1.165, 1.54) is 52.2 Å². The molecule has 2 fully saturated rings. The minimum absolute atomic E-state index is 0. The van der Waals surface area contributed by atoms with Crippen LogP contribution >= 0.6 is 12.4 Å². The van der Waals surface area contributed by atoms with Gasteiger partial charge in [0, 0.05) is 12.4 Å². The van der Waals surface area contributed by atoms with E-state index in [0.717, 1.165) is 38.5 Å². The molecule has 11 nitrogen and oxygen atoms in total.